The summed E-state index contributed by atoms with van der Waals surface area (Å²) in [7, 11) is 0. The lowest BCUT2D eigenvalue weighted by Crippen LogP contribution is -2.17. The molecule has 1 unspecified atom stereocenters. The lowest BCUT2D eigenvalue weighted by Gasteiger charge is -2.12. The van der Waals surface area contributed by atoms with Gasteiger partial charge in [0.25, 0.3) is 0 Å². The van der Waals surface area contributed by atoms with Gasteiger partial charge in [-0.1, -0.05) is 12.1 Å². The Kier molecular flexibility index (Phi) is 4.72. The first-order valence-electron chi connectivity index (χ1n) is 5.61. The molecule has 2 aromatic rings. The number of benzene rings is 1. The van der Waals surface area contributed by atoms with E-state index in [9.17, 15) is 18.3 Å². The van der Waals surface area contributed by atoms with Gasteiger partial charge in [0.05, 0.1) is 6.10 Å². The van der Waals surface area contributed by atoms with Crippen molar-refractivity contribution in [1.29, 1.82) is 0 Å². The van der Waals surface area contributed by atoms with Crippen LogP contribution in [0.25, 0.3) is 0 Å². The third kappa shape index (κ3) is 4.22. The largest absolute Gasteiger partial charge is 0.573 e. The molecule has 0 fully saturated rings. The Morgan fingerprint density at radius 3 is 2.35 bits per heavy atom. The molecule has 1 aromatic carbocycles. The van der Waals surface area contributed by atoms with E-state index in [0.717, 1.165) is 9.35 Å². The van der Waals surface area contributed by atoms with E-state index in [0.29, 0.717) is 12.0 Å². The Morgan fingerprint density at radius 1 is 1.20 bits per heavy atom. The predicted octanol–water partition coefficient (Wildman–Crippen LogP) is 4.69. The number of rotatable bonds is 4. The Morgan fingerprint density at radius 2 is 1.85 bits per heavy atom. The van der Waals surface area contributed by atoms with Gasteiger partial charge in [-0.25, -0.2) is 0 Å². The summed E-state index contributed by atoms with van der Waals surface area (Å²) in [4.78, 5) is 0.980. The van der Waals surface area contributed by atoms with Crippen LogP contribution in [0.5, 0.6) is 5.75 Å². The van der Waals surface area contributed by atoms with Crippen molar-refractivity contribution >= 4 is 27.3 Å². The maximum atomic E-state index is 12.0. The fourth-order valence-corrected chi connectivity index (χ4v) is 3.21. The molecule has 2 nitrogen and oxygen atoms in total. The highest BCUT2D eigenvalue weighted by atomic mass is 79.9. The number of ether oxygens (including phenoxy) is 1. The number of aliphatic hydroxyl groups excluding tert-OH is 1. The Hall–Kier alpha value is -1.05. The minimum Gasteiger partial charge on any atom is -0.406 e. The Balaban J connectivity index is 2.04. The highest BCUT2D eigenvalue weighted by molar-refractivity contribution is 9.10. The quantitative estimate of drug-likeness (QED) is 0.850. The van der Waals surface area contributed by atoms with Crippen LogP contribution >= 0.6 is 27.3 Å². The Bertz CT molecular complexity index is 566. The molecular formula is C13H10BrF3O2S. The van der Waals surface area contributed by atoms with Crippen molar-refractivity contribution in [1.82, 2.24) is 0 Å². The minimum atomic E-state index is -4.71. The number of hydrogen-bond acceptors (Lipinski definition) is 3. The monoisotopic (exact) mass is 366 g/mol. The predicted molar refractivity (Wildman–Crippen MR) is 73.8 cm³/mol. The van der Waals surface area contributed by atoms with Crippen LogP contribution in [-0.2, 0) is 6.42 Å². The van der Waals surface area contributed by atoms with Gasteiger partial charge in [-0.2, -0.15) is 0 Å². The number of hydrogen-bond donors (Lipinski definition) is 1. The van der Waals surface area contributed by atoms with Crippen LogP contribution in [0.15, 0.2) is 40.2 Å². The van der Waals surface area contributed by atoms with Gasteiger partial charge in [-0.3, -0.25) is 0 Å². The van der Waals surface area contributed by atoms with Crippen molar-refractivity contribution in [3.63, 3.8) is 0 Å². The van der Waals surface area contributed by atoms with E-state index in [-0.39, 0.29) is 5.75 Å². The lowest BCUT2D eigenvalue weighted by atomic mass is 10.1. The molecule has 0 saturated carbocycles. The summed E-state index contributed by atoms with van der Waals surface area (Å²) in [6.45, 7) is 0. The highest BCUT2D eigenvalue weighted by Gasteiger charge is 2.31. The third-order valence-electron chi connectivity index (χ3n) is 2.57. The smallest absolute Gasteiger partial charge is 0.406 e. The summed E-state index contributed by atoms with van der Waals surface area (Å²) >= 11 is 4.87. The van der Waals surface area contributed by atoms with E-state index in [1.54, 1.807) is 0 Å². The summed E-state index contributed by atoms with van der Waals surface area (Å²) < 4.78 is 40.8. The van der Waals surface area contributed by atoms with E-state index in [2.05, 4.69) is 20.7 Å². The van der Waals surface area contributed by atoms with Gasteiger partial charge in [0.15, 0.2) is 0 Å². The fraction of sp³-hybridized carbons (Fsp3) is 0.231. The van der Waals surface area contributed by atoms with Crippen LogP contribution in [0.1, 0.15) is 16.5 Å². The van der Waals surface area contributed by atoms with Crippen LogP contribution in [0, 0.1) is 0 Å². The van der Waals surface area contributed by atoms with E-state index in [4.69, 9.17) is 0 Å². The van der Waals surface area contributed by atoms with Gasteiger partial charge < -0.3 is 9.84 Å². The Labute approximate surface area is 125 Å². The molecule has 0 spiro atoms. The summed E-state index contributed by atoms with van der Waals surface area (Å²) in [5.74, 6) is -0.300. The minimum absolute atomic E-state index is 0.300. The van der Waals surface area contributed by atoms with Crippen LogP contribution in [0.4, 0.5) is 13.2 Å². The second-order valence-electron chi connectivity index (χ2n) is 4.03. The first-order valence-corrected chi connectivity index (χ1v) is 7.28. The first kappa shape index (κ1) is 15.3. The molecule has 7 heteroatoms. The van der Waals surface area contributed by atoms with Crippen molar-refractivity contribution in [3.05, 3.63) is 50.6 Å². The van der Waals surface area contributed by atoms with Crippen LogP contribution in [-0.4, -0.2) is 11.5 Å². The highest BCUT2D eigenvalue weighted by Crippen LogP contribution is 2.29. The second kappa shape index (κ2) is 6.15. The molecule has 0 aliphatic rings. The van der Waals surface area contributed by atoms with Crippen molar-refractivity contribution in [3.8, 4) is 5.75 Å². The zero-order valence-corrected chi connectivity index (χ0v) is 12.4. The average molecular weight is 367 g/mol. The first-order chi connectivity index (χ1) is 9.35. The molecule has 0 bridgehead atoms. The molecule has 20 heavy (non-hydrogen) atoms. The third-order valence-corrected chi connectivity index (χ3v) is 4.52. The van der Waals surface area contributed by atoms with Gasteiger partial charge >= 0.3 is 6.36 Å². The number of alkyl halides is 3. The molecule has 1 N–H and O–H groups in total. The zero-order chi connectivity index (χ0) is 14.8. The number of aliphatic hydroxyl groups is 1. The van der Waals surface area contributed by atoms with Crippen LogP contribution in [0.3, 0.4) is 0 Å². The molecule has 0 saturated heterocycles. The molecule has 0 aliphatic heterocycles. The molecule has 0 radical (unpaired) electrons. The van der Waals surface area contributed by atoms with E-state index in [1.165, 1.54) is 35.6 Å². The van der Waals surface area contributed by atoms with Gasteiger partial charge in [0.1, 0.15) is 5.75 Å². The van der Waals surface area contributed by atoms with Gasteiger partial charge in [0.2, 0.25) is 0 Å². The van der Waals surface area contributed by atoms with Crippen LogP contribution in [0.2, 0.25) is 0 Å². The van der Waals surface area contributed by atoms with E-state index < -0.39 is 12.5 Å². The molecule has 2 rings (SSSR count). The summed E-state index contributed by atoms with van der Waals surface area (Å²) in [6, 6.07) is 7.11. The molecule has 0 amide bonds. The summed E-state index contributed by atoms with van der Waals surface area (Å²) in [5.41, 5.74) is 0.542. The van der Waals surface area contributed by atoms with Crippen LogP contribution < -0.4 is 4.74 Å². The second-order valence-corrected chi connectivity index (χ2v) is 5.88. The van der Waals surface area contributed by atoms with Gasteiger partial charge in [0, 0.05) is 15.8 Å². The van der Waals surface area contributed by atoms with Crippen molar-refractivity contribution < 1.29 is 23.0 Å². The normalized spacial score (nSPS) is 13.2. The van der Waals surface area contributed by atoms with Crippen molar-refractivity contribution in [2.75, 3.05) is 0 Å². The number of halogens is 4. The fourth-order valence-electron chi connectivity index (χ4n) is 1.66. The van der Waals surface area contributed by atoms with Crippen molar-refractivity contribution in [2.24, 2.45) is 0 Å². The van der Waals surface area contributed by atoms with E-state index >= 15 is 0 Å². The molecular weight excluding hydrogens is 357 g/mol. The average Bonchev–Trinajstić information content (AvgIpc) is 2.74. The lowest BCUT2D eigenvalue weighted by molar-refractivity contribution is -0.274. The molecule has 1 aromatic heterocycles. The molecule has 108 valence electrons. The molecule has 1 atom stereocenters. The van der Waals surface area contributed by atoms with Gasteiger partial charge in [-0.15, -0.1) is 24.5 Å². The molecule has 1 heterocycles. The SMILES string of the molecule is OC(Cc1sccc1Br)c1ccc(OC(F)(F)F)cc1. The topological polar surface area (TPSA) is 29.5 Å². The van der Waals surface area contributed by atoms with Crippen molar-refractivity contribution in [2.45, 2.75) is 18.9 Å². The standard InChI is InChI=1S/C13H10BrF3O2S/c14-10-5-6-20-12(10)7-11(18)8-1-3-9(4-2-8)19-13(15,16)17/h1-6,11,18H,7H2. The summed E-state index contributed by atoms with van der Waals surface area (Å²) in [5, 5.41) is 12.0. The molecule has 0 aliphatic carbocycles. The maximum Gasteiger partial charge on any atom is 0.573 e. The number of thiophene rings is 1. The van der Waals surface area contributed by atoms with Gasteiger partial charge in [-0.05, 0) is 45.1 Å². The zero-order valence-electron chi connectivity index (χ0n) is 10.0. The van der Waals surface area contributed by atoms with E-state index in [1.807, 2.05) is 11.4 Å². The summed E-state index contributed by atoms with van der Waals surface area (Å²) in [6.07, 6.45) is -5.08. The maximum absolute atomic E-state index is 12.0.